The van der Waals surface area contributed by atoms with Gasteiger partial charge in [0.05, 0.1) is 12.8 Å². The lowest BCUT2D eigenvalue weighted by Gasteiger charge is -2.24. The lowest BCUT2D eigenvalue weighted by atomic mass is 9.94. The minimum absolute atomic E-state index is 0.0531. The van der Waals surface area contributed by atoms with Crippen LogP contribution in [-0.2, 0) is 20.7 Å². The highest BCUT2D eigenvalue weighted by molar-refractivity contribution is 6.29. The number of ether oxygens (including phenoxy) is 1. The zero-order valence-electron chi connectivity index (χ0n) is 13.4. The Hall–Kier alpha value is -1.56. The van der Waals surface area contributed by atoms with Crippen LogP contribution in [0.5, 0.6) is 0 Å². The summed E-state index contributed by atoms with van der Waals surface area (Å²) in [7, 11) is 1.32. The molecule has 124 valence electrons. The van der Waals surface area contributed by atoms with Gasteiger partial charge in [-0.1, -0.05) is 31.8 Å². The van der Waals surface area contributed by atoms with E-state index in [1.165, 1.54) is 7.11 Å². The largest absolute Gasteiger partial charge is 0.467 e. The first-order chi connectivity index (χ1) is 10.4. The zero-order valence-corrected chi connectivity index (χ0v) is 14.2. The van der Waals surface area contributed by atoms with Crippen molar-refractivity contribution in [2.24, 2.45) is 5.92 Å². The summed E-state index contributed by atoms with van der Waals surface area (Å²) in [5.41, 5.74) is 1.39. The summed E-state index contributed by atoms with van der Waals surface area (Å²) in [5, 5.41) is 6.71. The van der Waals surface area contributed by atoms with Crippen LogP contribution < -0.4 is 5.32 Å². The van der Waals surface area contributed by atoms with Crippen LogP contribution in [0, 0.1) is 12.8 Å². The number of methoxy groups -OCH3 is 1. The third-order valence-electron chi connectivity index (χ3n) is 3.83. The standard InChI is InChI=1S/C15H23ClN2O4/c1-5-10(6-2)13(15(20)21-4)17-12(19)8-7-11-9(3)18-22-14(11)16/h10,13H,5-8H2,1-4H3,(H,17,19). The minimum atomic E-state index is -0.619. The van der Waals surface area contributed by atoms with Gasteiger partial charge in [0.1, 0.15) is 6.04 Å². The normalized spacial score (nSPS) is 12.3. The molecule has 0 aliphatic heterocycles. The molecule has 0 saturated heterocycles. The molecule has 1 rings (SSSR count). The van der Waals surface area contributed by atoms with Crippen LogP contribution in [0.1, 0.15) is 44.4 Å². The monoisotopic (exact) mass is 330 g/mol. The van der Waals surface area contributed by atoms with Gasteiger partial charge < -0.3 is 14.6 Å². The Kier molecular flexibility index (Phi) is 7.38. The Morgan fingerprint density at radius 3 is 2.45 bits per heavy atom. The van der Waals surface area contributed by atoms with Gasteiger partial charge in [-0.3, -0.25) is 4.79 Å². The van der Waals surface area contributed by atoms with Gasteiger partial charge in [0.25, 0.3) is 0 Å². The molecule has 1 heterocycles. The third-order valence-corrected chi connectivity index (χ3v) is 4.13. The number of amides is 1. The molecule has 7 heteroatoms. The van der Waals surface area contributed by atoms with E-state index in [1.807, 2.05) is 13.8 Å². The minimum Gasteiger partial charge on any atom is -0.467 e. The summed E-state index contributed by atoms with van der Waals surface area (Å²) >= 11 is 5.87. The number of rotatable bonds is 8. The molecule has 1 aromatic heterocycles. The van der Waals surface area contributed by atoms with Crippen molar-refractivity contribution >= 4 is 23.5 Å². The fourth-order valence-corrected chi connectivity index (χ4v) is 2.65. The number of esters is 1. The van der Waals surface area contributed by atoms with Crippen molar-refractivity contribution in [3.63, 3.8) is 0 Å². The molecule has 0 aliphatic carbocycles. The fourth-order valence-electron chi connectivity index (χ4n) is 2.38. The van der Waals surface area contributed by atoms with Crippen molar-refractivity contribution in [3.05, 3.63) is 16.5 Å². The van der Waals surface area contributed by atoms with Crippen LogP contribution in [0.3, 0.4) is 0 Å². The molecular formula is C15H23ClN2O4. The molecule has 0 aromatic carbocycles. The van der Waals surface area contributed by atoms with Crippen molar-refractivity contribution in [1.29, 1.82) is 0 Å². The zero-order chi connectivity index (χ0) is 16.7. The van der Waals surface area contributed by atoms with E-state index in [2.05, 4.69) is 10.5 Å². The van der Waals surface area contributed by atoms with Crippen LogP contribution >= 0.6 is 11.6 Å². The number of hydrogen-bond acceptors (Lipinski definition) is 5. The van der Waals surface area contributed by atoms with Crippen molar-refractivity contribution in [2.75, 3.05) is 7.11 Å². The van der Waals surface area contributed by atoms with Crippen molar-refractivity contribution in [2.45, 2.75) is 52.5 Å². The molecule has 1 atom stereocenters. The number of nitrogens with one attached hydrogen (secondary N) is 1. The topological polar surface area (TPSA) is 81.4 Å². The molecule has 0 bridgehead atoms. The number of halogens is 1. The number of carbonyl (C=O) groups excluding carboxylic acids is 2. The second kappa shape index (κ2) is 8.78. The Labute approximate surface area is 135 Å². The molecule has 1 unspecified atom stereocenters. The predicted octanol–water partition coefficient (Wildman–Crippen LogP) is 2.66. The average Bonchev–Trinajstić information content (AvgIpc) is 2.83. The Morgan fingerprint density at radius 2 is 2.00 bits per heavy atom. The number of nitrogens with zero attached hydrogens (tertiary/aromatic N) is 1. The van der Waals surface area contributed by atoms with Gasteiger partial charge in [0.2, 0.25) is 11.1 Å². The van der Waals surface area contributed by atoms with Gasteiger partial charge >= 0.3 is 5.97 Å². The second-order valence-corrected chi connectivity index (χ2v) is 5.51. The van der Waals surface area contributed by atoms with E-state index in [4.69, 9.17) is 20.9 Å². The first-order valence-electron chi connectivity index (χ1n) is 7.42. The van der Waals surface area contributed by atoms with Crippen molar-refractivity contribution in [3.8, 4) is 0 Å². The first-order valence-corrected chi connectivity index (χ1v) is 7.80. The Morgan fingerprint density at radius 1 is 1.36 bits per heavy atom. The van der Waals surface area contributed by atoms with Crippen LogP contribution in [0.4, 0.5) is 0 Å². The van der Waals surface area contributed by atoms with Gasteiger partial charge in [-0.25, -0.2) is 4.79 Å². The van der Waals surface area contributed by atoms with E-state index >= 15 is 0 Å². The molecular weight excluding hydrogens is 308 g/mol. The maximum Gasteiger partial charge on any atom is 0.328 e. The molecule has 0 spiro atoms. The number of carbonyl (C=O) groups is 2. The van der Waals surface area contributed by atoms with Crippen molar-refractivity contribution < 1.29 is 18.8 Å². The van der Waals surface area contributed by atoms with Crippen LogP contribution in [0.25, 0.3) is 0 Å². The number of hydrogen-bond donors (Lipinski definition) is 1. The quantitative estimate of drug-likeness (QED) is 0.741. The molecule has 0 saturated carbocycles. The van der Waals surface area contributed by atoms with Crippen LogP contribution in [0.2, 0.25) is 5.22 Å². The summed E-state index contributed by atoms with van der Waals surface area (Å²) in [4.78, 5) is 24.0. The Balaban J connectivity index is 2.65. The van der Waals surface area contributed by atoms with E-state index in [0.29, 0.717) is 17.7 Å². The summed E-state index contributed by atoms with van der Waals surface area (Å²) in [6.45, 7) is 5.73. The number of aromatic nitrogens is 1. The van der Waals surface area contributed by atoms with Crippen LogP contribution in [-0.4, -0.2) is 30.2 Å². The lowest BCUT2D eigenvalue weighted by molar-refractivity contribution is -0.146. The van der Waals surface area contributed by atoms with E-state index in [1.54, 1.807) is 6.92 Å². The molecule has 0 radical (unpaired) electrons. The lowest BCUT2D eigenvalue weighted by Crippen LogP contribution is -2.46. The fraction of sp³-hybridized carbons (Fsp3) is 0.667. The predicted molar refractivity (Wildman–Crippen MR) is 82.6 cm³/mol. The molecule has 22 heavy (non-hydrogen) atoms. The summed E-state index contributed by atoms with van der Waals surface area (Å²) in [6, 6.07) is -0.619. The van der Waals surface area contributed by atoms with Crippen LogP contribution in [0.15, 0.2) is 4.52 Å². The summed E-state index contributed by atoms with van der Waals surface area (Å²) in [6.07, 6.45) is 2.19. The maximum atomic E-state index is 12.1. The van der Waals surface area contributed by atoms with E-state index in [0.717, 1.165) is 12.8 Å². The molecule has 0 aliphatic rings. The Bertz CT molecular complexity index is 492. The highest BCUT2D eigenvalue weighted by Crippen LogP contribution is 2.21. The highest BCUT2D eigenvalue weighted by Gasteiger charge is 2.28. The molecule has 6 nitrogen and oxygen atoms in total. The van der Waals surface area contributed by atoms with Gasteiger partial charge in [-0.05, 0) is 30.9 Å². The molecule has 0 fully saturated rings. The second-order valence-electron chi connectivity index (χ2n) is 5.17. The highest BCUT2D eigenvalue weighted by atomic mass is 35.5. The van der Waals surface area contributed by atoms with Gasteiger partial charge in [0, 0.05) is 12.0 Å². The van der Waals surface area contributed by atoms with Gasteiger partial charge in [-0.2, -0.15) is 0 Å². The number of aryl methyl sites for hydroxylation is 1. The third kappa shape index (κ3) is 4.73. The van der Waals surface area contributed by atoms with E-state index < -0.39 is 12.0 Å². The smallest absolute Gasteiger partial charge is 0.328 e. The van der Waals surface area contributed by atoms with Gasteiger partial charge in [-0.15, -0.1) is 0 Å². The average molecular weight is 331 g/mol. The first kappa shape index (κ1) is 18.5. The molecule has 1 N–H and O–H groups in total. The summed E-state index contributed by atoms with van der Waals surface area (Å²) in [5.74, 6) is -0.586. The maximum absolute atomic E-state index is 12.1. The van der Waals surface area contributed by atoms with Crippen molar-refractivity contribution in [1.82, 2.24) is 10.5 Å². The van der Waals surface area contributed by atoms with Gasteiger partial charge in [0.15, 0.2) is 0 Å². The molecule has 1 aromatic rings. The van der Waals surface area contributed by atoms with E-state index in [9.17, 15) is 9.59 Å². The van der Waals surface area contributed by atoms with E-state index in [-0.39, 0.29) is 23.5 Å². The molecule has 1 amide bonds. The SMILES string of the molecule is CCC(CC)C(NC(=O)CCc1c(C)noc1Cl)C(=O)OC. The summed E-state index contributed by atoms with van der Waals surface area (Å²) < 4.78 is 9.63.